The number of nitrogens with one attached hydrogen (secondary N) is 1. The molecule has 0 radical (unpaired) electrons. The van der Waals surface area contributed by atoms with E-state index in [0.717, 1.165) is 0 Å². The smallest absolute Gasteiger partial charge is 0.237 e. The number of carbonyl (C=O) groups excluding carboxylic acids is 1. The Labute approximate surface area is 66.8 Å². The first-order valence-electron chi connectivity index (χ1n) is 3.73. The van der Waals surface area contributed by atoms with Crippen molar-refractivity contribution in [2.45, 2.75) is 19.9 Å². The molecule has 0 aromatic carbocycles. The fourth-order valence-electron chi connectivity index (χ4n) is 0.600. The number of aliphatic hydroxyl groups is 1. The molecule has 1 atom stereocenters. The van der Waals surface area contributed by atoms with Gasteiger partial charge in [-0.3, -0.25) is 4.79 Å². The number of nitrogens with two attached hydrogens (primary N) is 1. The molecule has 0 aliphatic carbocycles. The summed E-state index contributed by atoms with van der Waals surface area (Å²) in [6, 6.07) is -0.471. The van der Waals surface area contributed by atoms with E-state index < -0.39 is 6.04 Å². The van der Waals surface area contributed by atoms with Crippen LogP contribution in [0.2, 0.25) is 0 Å². The van der Waals surface area contributed by atoms with Crippen LogP contribution in [0.15, 0.2) is 0 Å². The van der Waals surface area contributed by atoms with Gasteiger partial charge >= 0.3 is 0 Å². The molecule has 1 amide bonds. The highest BCUT2D eigenvalue weighted by atomic mass is 16.3. The second-order valence-electron chi connectivity index (χ2n) is 2.78. The molecular formula is C7H16N2O2. The van der Waals surface area contributed by atoms with Gasteiger partial charge in [0.1, 0.15) is 0 Å². The Balaban J connectivity index is 3.64. The summed E-state index contributed by atoms with van der Waals surface area (Å²) in [5.41, 5.74) is 5.51. The SMILES string of the molecule is CC(C)C(N)C(=O)NCCO. The highest BCUT2D eigenvalue weighted by Gasteiger charge is 2.15. The third kappa shape index (κ3) is 3.95. The Morgan fingerprint density at radius 2 is 2.18 bits per heavy atom. The van der Waals surface area contributed by atoms with Gasteiger partial charge < -0.3 is 16.2 Å². The van der Waals surface area contributed by atoms with Crippen molar-refractivity contribution in [1.82, 2.24) is 5.32 Å². The van der Waals surface area contributed by atoms with E-state index in [1.807, 2.05) is 13.8 Å². The van der Waals surface area contributed by atoms with Gasteiger partial charge in [-0.05, 0) is 5.92 Å². The zero-order valence-corrected chi connectivity index (χ0v) is 7.00. The predicted molar refractivity (Wildman–Crippen MR) is 42.9 cm³/mol. The van der Waals surface area contributed by atoms with Crippen molar-refractivity contribution < 1.29 is 9.90 Å². The predicted octanol–water partition coefficient (Wildman–Crippen LogP) is -0.922. The lowest BCUT2D eigenvalue weighted by Crippen LogP contribution is -2.44. The minimum atomic E-state index is -0.471. The van der Waals surface area contributed by atoms with E-state index in [1.165, 1.54) is 0 Å². The Morgan fingerprint density at radius 1 is 1.64 bits per heavy atom. The van der Waals surface area contributed by atoms with Crippen LogP contribution in [0.5, 0.6) is 0 Å². The van der Waals surface area contributed by atoms with Crippen LogP contribution < -0.4 is 11.1 Å². The number of amides is 1. The van der Waals surface area contributed by atoms with Crippen molar-refractivity contribution in [1.29, 1.82) is 0 Å². The zero-order valence-electron chi connectivity index (χ0n) is 7.00. The third-order valence-electron chi connectivity index (χ3n) is 1.43. The zero-order chi connectivity index (χ0) is 8.85. The van der Waals surface area contributed by atoms with Gasteiger partial charge in [-0.2, -0.15) is 0 Å². The van der Waals surface area contributed by atoms with Gasteiger partial charge in [0.05, 0.1) is 12.6 Å². The Hall–Kier alpha value is -0.610. The number of hydrogen-bond donors (Lipinski definition) is 3. The summed E-state index contributed by atoms with van der Waals surface area (Å²) in [5, 5.41) is 10.9. The topological polar surface area (TPSA) is 75.4 Å². The first kappa shape index (κ1) is 10.4. The van der Waals surface area contributed by atoms with Crippen molar-refractivity contribution in [3.8, 4) is 0 Å². The molecule has 0 bridgehead atoms. The van der Waals surface area contributed by atoms with Crippen LogP contribution in [0.3, 0.4) is 0 Å². The molecule has 0 aromatic heterocycles. The lowest BCUT2D eigenvalue weighted by Gasteiger charge is -2.14. The van der Waals surface area contributed by atoms with Gasteiger partial charge in [0.15, 0.2) is 0 Å². The van der Waals surface area contributed by atoms with E-state index in [0.29, 0.717) is 0 Å². The highest BCUT2D eigenvalue weighted by Crippen LogP contribution is 1.96. The van der Waals surface area contributed by atoms with Crippen molar-refractivity contribution in [2.24, 2.45) is 11.7 Å². The molecule has 4 nitrogen and oxygen atoms in total. The average molecular weight is 160 g/mol. The van der Waals surface area contributed by atoms with Gasteiger partial charge in [0.2, 0.25) is 5.91 Å². The summed E-state index contributed by atoms with van der Waals surface area (Å²) in [6.07, 6.45) is 0. The quantitative estimate of drug-likeness (QED) is 0.498. The van der Waals surface area contributed by atoms with E-state index in [9.17, 15) is 4.79 Å². The van der Waals surface area contributed by atoms with Crippen LogP contribution in [0.25, 0.3) is 0 Å². The molecule has 0 spiro atoms. The molecule has 0 saturated carbocycles. The summed E-state index contributed by atoms with van der Waals surface area (Å²) < 4.78 is 0. The van der Waals surface area contributed by atoms with Crippen molar-refractivity contribution >= 4 is 5.91 Å². The van der Waals surface area contributed by atoms with Gasteiger partial charge in [-0.25, -0.2) is 0 Å². The maximum Gasteiger partial charge on any atom is 0.237 e. The summed E-state index contributed by atoms with van der Waals surface area (Å²) in [7, 11) is 0. The summed E-state index contributed by atoms with van der Waals surface area (Å²) in [6.45, 7) is 3.99. The minimum Gasteiger partial charge on any atom is -0.395 e. The van der Waals surface area contributed by atoms with Crippen LogP contribution in [-0.4, -0.2) is 30.2 Å². The number of rotatable bonds is 4. The van der Waals surface area contributed by atoms with E-state index in [2.05, 4.69) is 5.32 Å². The van der Waals surface area contributed by atoms with Gasteiger partial charge in [0.25, 0.3) is 0 Å². The lowest BCUT2D eigenvalue weighted by atomic mass is 10.1. The second kappa shape index (κ2) is 5.09. The molecule has 0 fully saturated rings. The van der Waals surface area contributed by atoms with Crippen LogP contribution in [0, 0.1) is 5.92 Å². The van der Waals surface area contributed by atoms with Gasteiger partial charge in [0, 0.05) is 6.54 Å². The van der Waals surface area contributed by atoms with Crippen LogP contribution >= 0.6 is 0 Å². The fourth-order valence-corrected chi connectivity index (χ4v) is 0.600. The van der Waals surface area contributed by atoms with E-state index in [-0.39, 0.29) is 25.0 Å². The molecule has 4 N–H and O–H groups in total. The summed E-state index contributed by atoms with van der Waals surface area (Å²) in [4.78, 5) is 11.0. The first-order valence-corrected chi connectivity index (χ1v) is 3.73. The minimum absolute atomic E-state index is 0.0451. The first-order chi connectivity index (χ1) is 5.09. The molecular weight excluding hydrogens is 144 g/mol. The van der Waals surface area contributed by atoms with E-state index in [1.54, 1.807) is 0 Å². The number of hydrogen-bond acceptors (Lipinski definition) is 3. The average Bonchev–Trinajstić information content (AvgIpc) is 1.98. The molecule has 11 heavy (non-hydrogen) atoms. The molecule has 1 unspecified atom stereocenters. The normalized spacial score (nSPS) is 13.2. The highest BCUT2D eigenvalue weighted by molar-refractivity contribution is 5.81. The lowest BCUT2D eigenvalue weighted by molar-refractivity contribution is -0.123. The molecule has 0 aliphatic heterocycles. The maximum atomic E-state index is 11.0. The fraction of sp³-hybridized carbons (Fsp3) is 0.857. The van der Waals surface area contributed by atoms with Crippen LogP contribution in [0.1, 0.15) is 13.8 Å². The van der Waals surface area contributed by atoms with E-state index >= 15 is 0 Å². The summed E-state index contributed by atoms with van der Waals surface area (Å²) >= 11 is 0. The van der Waals surface area contributed by atoms with Crippen LogP contribution in [-0.2, 0) is 4.79 Å². The Bertz CT molecular complexity index is 126. The molecule has 0 aliphatic rings. The molecule has 0 aromatic rings. The standard InChI is InChI=1S/C7H16N2O2/c1-5(2)6(8)7(11)9-3-4-10/h5-6,10H,3-4,8H2,1-2H3,(H,9,11). The third-order valence-corrected chi connectivity index (χ3v) is 1.43. The molecule has 66 valence electrons. The van der Waals surface area contributed by atoms with Crippen molar-refractivity contribution in [2.75, 3.05) is 13.2 Å². The van der Waals surface area contributed by atoms with Crippen LogP contribution in [0.4, 0.5) is 0 Å². The molecule has 0 rings (SSSR count). The van der Waals surface area contributed by atoms with Crippen molar-refractivity contribution in [3.05, 3.63) is 0 Å². The largest absolute Gasteiger partial charge is 0.395 e. The molecule has 0 heterocycles. The Morgan fingerprint density at radius 3 is 2.55 bits per heavy atom. The number of carbonyl (C=O) groups is 1. The maximum absolute atomic E-state index is 11.0. The molecule has 4 heteroatoms. The van der Waals surface area contributed by atoms with Crippen molar-refractivity contribution in [3.63, 3.8) is 0 Å². The second-order valence-corrected chi connectivity index (χ2v) is 2.78. The van der Waals surface area contributed by atoms with E-state index in [4.69, 9.17) is 10.8 Å². The van der Waals surface area contributed by atoms with Gasteiger partial charge in [-0.15, -0.1) is 0 Å². The molecule has 0 saturated heterocycles. The Kier molecular flexibility index (Phi) is 4.81. The number of aliphatic hydroxyl groups excluding tert-OH is 1. The summed E-state index contributed by atoms with van der Waals surface area (Å²) in [5.74, 6) is -0.0669. The monoisotopic (exact) mass is 160 g/mol. The van der Waals surface area contributed by atoms with Gasteiger partial charge in [-0.1, -0.05) is 13.8 Å².